The van der Waals surface area contributed by atoms with E-state index < -0.39 is 5.60 Å². The van der Waals surface area contributed by atoms with Crippen LogP contribution in [0.1, 0.15) is 70.8 Å². The molecule has 0 saturated carbocycles. The molecule has 3 aliphatic rings. The van der Waals surface area contributed by atoms with Crippen LogP contribution in [0, 0.1) is 6.92 Å². The molecular formula is C35H34N2O3. The molecule has 1 saturated heterocycles. The molecule has 5 nitrogen and oxygen atoms in total. The third-order valence-corrected chi connectivity index (χ3v) is 8.57. The number of nitrogens with one attached hydrogen (secondary N) is 1. The lowest BCUT2D eigenvalue weighted by atomic mass is 9.77. The van der Waals surface area contributed by atoms with E-state index >= 15 is 0 Å². The number of hydrogen-bond donors (Lipinski definition) is 1. The van der Waals surface area contributed by atoms with Gasteiger partial charge >= 0.3 is 5.97 Å². The molecule has 0 aromatic heterocycles. The number of anilines is 3. The maximum absolute atomic E-state index is 13.3. The van der Waals surface area contributed by atoms with Crippen LogP contribution in [-0.2, 0) is 16.8 Å². The molecule has 4 aromatic carbocycles. The van der Waals surface area contributed by atoms with Crippen LogP contribution in [0.4, 0.5) is 17.1 Å². The third-order valence-electron chi connectivity index (χ3n) is 8.57. The lowest BCUT2D eigenvalue weighted by Gasteiger charge is -2.37. The van der Waals surface area contributed by atoms with Gasteiger partial charge in [0.2, 0.25) is 0 Å². The van der Waals surface area contributed by atoms with Gasteiger partial charge in [-0.05, 0) is 86.2 Å². The fourth-order valence-corrected chi connectivity index (χ4v) is 6.41. The number of carbonyl (C=O) groups excluding carboxylic acids is 1. The summed E-state index contributed by atoms with van der Waals surface area (Å²) in [5.74, 6) is 1.15. The van der Waals surface area contributed by atoms with Crippen molar-refractivity contribution in [3.8, 4) is 11.5 Å². The fraction of sp³-hybridized carbons (Fsp3) is 0.286. The molecule has 0 aliphatic carbocycles. The van der Waals surface area contributed by atoms with Crippen LogP contribution in [0.5, 0.6) is 11.5 Å². The molecule has 7 rings (SSSR count). The Balaban J connectivity index is 1.34. The number of fused-ring (bicyclic) bond motifs is 6. The summed E-state index contributed by atoms with van der Waals surface area (Å²) in [5.41, 5.74) is 7.60. The molecule has 1 N–H and O–H groups in total. The molecule has 4 aromatic rings. The lowest BCUT2D eigenvalue weighted by Crippen LogP contribution is -2.33. The van der Waals surface area contributed by atoms with E-state index in [9.17, 15) is 4.79 Å². The van der Waals surface area contributed by atoms with Gasteiger partial charge in [-0.25, -0.2) is 4.79 Å². The Bertz CT molecular complexity index is 1600. The minimum atomic E-state index is -1.08. The van der Waals surface area contributed by atoms with Gasteiger partial charge in [0, 0.05) is 52.9 Å². The first-order valence-electron chi connectivity index (χ1n) is 14.5. The van der Waals surface area contributed by atoms with Crippen LogP contribution in [0.2, 0.25) is 0 Å². The van der Waals surface area contributed by atoms with Gasteiger partial charge in [-0.1, -0.05) is 43.7 Å². The highest BCUT2D eigenvalue weighted by atomic mass is 16.6. The molecule has 0 bridgehead atoms. The molecule has 1 unspecified atom stereocenters. The summed E-state index contributed by atoms with van der Waals surface area (Å²) >= 11 is 0. The maximum atomic E-state index is 13.3. The summed E-state index contributed by atoms with van der Waals surface area (Å²) in [6, 6.07) is 26.9. The predicted molar refractivity (Wildman–Crippen MR) is 159 cm³/mol. The molecule has 202 valence electrons. The second-order valence-electron chi connectivity index (χ2n) is 11.2. The molecular weight excluding hydrogens is 496 g/mol. The van der Waals surface area contributed by atoms with Gasteiger partial charge in [-0.3, -0.25) is 0 Å². The Morgan fingerprint density at radius 3 is 2.45 bits per heavy atom. The van der Waals surface area contributed by atoms with Crippen molar-refractivity contribution < 1.29 is 14.3 Å². The summed E-state index contributed by atoms with van der Waals surface area (Å²) in [4.78, 5) is 15.7. The normalized spacial score (nSPS) is 18.6. The smallest absolute Gasteiger partial charge is 0.340 e. The van der Waals surface area contributed by atoms with Crippen LogP contribution in [0.25, 0.3) is 0 Å². The van der Waals surface area contributed by atoms with Gasteiger partial charge in [0.25, 0.3) is 0 Å². The molecule has 1 atom stereocenters. The number of hydrogen-bond acceptors (Lipinski definition) is 5. The minimum absolute atomic E-state index is 0.309. The monoisotopic (exact) mass is 530 g/mol. The first-order valence-corrected chi connectivity index (χ1v) is 14.5. The van der Waals surface area contributed by atoms with Crippen molar-refractivity contribution in [2.45, 2.75) is 51.6 Å². The second kappa shape index (κ2) is 9.74. The van der Waals surface area contributed by atoms with E-state index in [0.717, 1.165) is 64.6 Å². The Kier molecular flexibility index (Phi) is 6.03. The van der Waals surface area contributed by atoms with Gasteiger partial charge < -0.3 is 19.7 Å². The molecule has 3 aliphatic heterocycles. The van der Waals surface area contributed by atoms with E-state index in [2.05, 4.69) is 78.7 Å². The number of carbonyl (C=O) groups is 1. The van der Waals surface area contributed by atoms with Gasteiger partial charge in [0.05, 0.1) is 5.56 Å². The molecule has 40 heavy (non-hydrogen) atoms. The zero-order valence-electron chi connectivity index (χ0n) is 23.1. The quantitative estimate of drug-likeness (QED) is 0.254. The Morgan fingerprint density at radius 2 is 1.65 bits per heavy atom. The molecule has 0 radical (unpaired) electrons. The van der Waals surface area contributed by atoms with E-state index in [4.69, 9.17) is 9.47 Å². The van der Waals surface area contributed by atoms with Crippen molar-refractivity contribution in [3.05, 3.63) is 112 Å². The number of ether oxygens (including phenoxy) is 2. The van der Waals surface area contributed by atoms with Crippen LogP contribution in [0.15, 0.2) is 78.9 Å². The predicted octanol–water partition coefficient (Wildman–Crippen LogP) is 8.25. The van der Waals surface area contributed by atoms with Crippen molar-refractivity contribution in [2.24, 2.45) is 0 Å². The molecule has 3 heterocycles. The maximum Gasteiger partial charge on any atom is 0.340 e. The average Bonchev–Trinajstić information content (AvgIpc) is 3.61. The van der Waals surface area contributed by atoms with Crippen LogP contribution in [0.3, 0.4) is 0 Å². The van der Waals surface area contributed by atoms with Crippen molar-refractivity contribution in [1.29, 1.82) is 0 Å². The standard InChI is InChI=1S/C35H34N2O3/c1-3-4-9-24-12-14-25(15-13-24)36-31-22-30-32(20-23(31)2)39-33-21-26(37-18-7-8-19-37)16-17-29(33)35(30)28-11-6-5-10-27(28)34(38)40-35/h5-6,10-17,20-22,36H,3-4,7-9,18-19H2,1-2H3. The number of unbranched alkanes of at least 4 members (excludes halogenated alkanes) is 1. The van der Waals surface area contributed by atoms with Crippen molar-refractivity contribution in [2.75, 3.05) is 23.3 Å². The van der Waals surface area contributed by atoms with E-state index in [1.54, 1.807) is 0 Å². The lowest BCUT2D eigenvalue weighted by molar-refractivity contribution is 0.0224. The van der Waals surface area contributed by atoms with Gasteiger partial charge in [-0.15, -0.1) is 0 Å². The zero-order chi connectivity index (χ0) is 27.3. The number of aryl methyl sites for hydroxylation is 2. The van der Waals surface area contributed by atoms with Gasteiger partial charge in [0.15, 0.2) is 5.60 Å². The highest BCUT2D eigenvalue weighted by Crippen LogP contribution is 2.57. The molecule has 1 fully saturated rings. The van der Waals surface area contributed by atoms with Crippen molar-refractivity contribution in [3.63, 3.8) is 0 Å². The number of rotatable bonds is 6. The van der Waals surface area contributed by atoms with E-state index in [1.165, 1.54) is 31.2 Å². The summed E-state index contributed by atoms with van der Waals surface area (Å²) in [5, 5.41) is 3.61. The van der Waals surface area contributed by atoms with Crippen molar-refractivity contribution >= 4 is 23.0 Å². The second-order valence-corrected chi connectivity index (χ2v) is 11.2. The van der Waals surface area contributed by atoms with E-state index in [-0.39, 0.29) is 5.97 Å². The molecule has 1 spiro atoms. The Morgan fingerprint density at radius 1 is 0.875 bits per heavy atom. The molecule has 5 heteroatoms. The summed E-state index contributed by atoms with van der Waals surface area (Å²) in [6.45, 7) is 6.40. The summed E-state index contributed by atoms with van der Waals surface area (Å²) in [6.07, 6.45) is 5.88. The van der Waals surface area contributed by atoms with E-state index in [1.807, 2.05) is 24.3 Å². The van der Waals surface area contributed by atoms with Crippen molar-refractivity contribution in [1.82, 2.24) is 0 Å². The minimum Gasteiger partial charge on any atom is -0.456 e. The van der Waals surface area contributed by atoms with Crippen LogP contribution < -0.4 is 15.0 Å². The largest absolute Gasteiger partial charge is 0.456 e. The Hall–Kier alpha value is -4.25. The number of benzene rings is 4. The van der Waals surface area contributed by atoms with Gasteiger partial charge in [-0.2, -0.15) is 0 Å². The number of esters is 1. The summed E-state index contributed by atoms with van der Waals surface area (Å²) < 4.78 is 13.0. The van der Waals surface area contributed by atoms with Crippen LogP contribution in [-0.4, -0.2) is 19.1 Å². The van der Waals surface area contributed by atoms with E-state index in [0.29, 0.717) is 11.3 Å². The Labute approximate surface area is 235 Å². The highest BCUT2D eigenvalue weighted by Gasteiger charge is 2.53. The van der Waals surface area contributed by atoms with Crippen LogP contribution >= 0.6 is 0 Å². The van der Waals surface area contributed by atoms with Gasteiger partial charge in [0.1, 0.15) is 11.5 Å². The molecule has 0 amide bonds. The zero-order valence-corrected chi connectivity index (χ0v) is 23.1. The topological polar surface area (TPSA) is 50.8 Å². The average molecular weight is 531 g/mol. The first kappa shape index (κ1) is 24.8. The third kappa shape index (κ3) is 3.95. The highest BCUT2D eigenvalue weighted by molar-refractivity contribution is 5.97. The first-order chi connectivity index (χ1) is 19.6. The number of nitrogens with zero attached hydrogens (tertiary/aromatic N) is 1. The fourth-order valence-electron chi connectivity index (χ4n) is 6.41. The SMILES string of the molecule is CCCCc1ccc(Nc2cc3c(cc2C)Oc2cc(N4CCCC4)ccc2C32OC(=O)c3ccccc32)cc1. The summed E-state index contributed by atoms with van der Waals surface area (Å²) in [7, 11) is 0.